The molecule has 1 aliphatic heterocycles. The van der Waals surface area contributed by atoms with Crippen LogP contribution < -0.4 is 5.32 Å². The van der Waals surface area contributed by atoms with Crippen LogP contribution in [0.5, 0.6) is 0 Å². The van der Waals surface area contributed by atoms with Crippen LogP contribution in [-0.2, 0) is 24.0 Å². The maximum absolute atomic E-state index is 12.8. The number of amides is 3. The third-order valence-corrected chi connectivity index (χ3v) is 4.27. The number of hydroxylamine groups is 2. The molecule has 3 amide bonds. The van der Waals surface area contributed by atoms with E-state index >= 15 is 0 Å². The van der Waals surface area contributed by atoms with Gasteiger partial charge in [0.05, 0.1) is 6.04 Å². The number of rotatable bonds is 8. The van der Waals surface area contributed by atoms with Crippen LogP contribution in [0.3, 0.4) is 0 Å². The summed E-state index contributed by atoms with van der Waals surface area (Å²) in [6.45, 7) is 4.41. The molecule has 1 rings (SSSR count). The van der Waals surface area contributed by atoms with Crippen LogP contribution in [0.1, 0.15) is 51.1 Å². The average Bonchev–Trinajstić information content (AvgIpc) is 2.89. The van der Waals surface area contributed by atoms with Crippen molar-refractivity contribution < 1.29 is 28.1 Å². The van der Waals surface area contributed by atoms with Crippen LogP contribution in [-0.4, -0.2) is 59.8 Å². The molecule has 0 radical (unpaired) electrons. The first-order chi connectivity index (χ1) is 12.8. The second-order valence-corrected chi connectivity index (χ2v) is 6.66. The highest BCUT2D eigenvalue weighted by molar-refractivity contribution is 6.02. The molecule has 0 aromatic heterocycles. The Balaban J connectivity index is 3.00. The molecule has 0 aliphatic carbocycles. The zero-order valence-corrected chi connectivity index (χ0v) is 15.4. The van der Waals surface area contributed by atoms with Crippen LogP contribution in [0.4, 0.5) is 0 Å². The summed E-state index contributed by atoms with van der Waals surface area (Å²) in [6, 6.07) is -2.15. The Labute approximate surface area is 153 Å². The zero-order chi connectivity index (χ0) is 21.8. The molecule has 1 aliphatic rings. The van der Waals surface area contributed by atoms with Crippen LogP contribution >= 0.6 is 0 Å². The van der Waals surface area contributed by atoms with Crippen molar-refractivity contribution in [3.8, 4) is 0 Å². The minimum absolute atomic E-state index is 0.0364. The molecule has 8 heteroatoms. The summed E-state index contributed by atoms with van der Waals surface area (Å²) >= 11 is 0. The Kier molecular flexibility index (Phi) is 5.90. The van der Waals surface area contributed by atoms with Gasteiger partial charge in [0.15, 0.2) is 0 Å². The molecule has 0 bridgehead atoms. The van der Waals surface area contributed by atoms with Gasteiger partial charge in [-0.05, 0) is 25.9 Å². The summed E-state index contributed by atoms with van der Waals surface area (Å²) in [5.74, 6) is -3.53. The molecule has 1 saturated heterocycles. The van der Waals surface area contributed by atoms with E-state index in [1.165, 1.54) is 7.05 Å². The van der Waals surface area contributed by atoms with Crippen molar-refractivity contribution in [1.29, 1.82) is 0 Å². The smallest absolute Gasteiger partial charge is 0.341 e. The molecular weight excluding hydrogens is 328 g/mol. The Hall–Kier alpha value is -1.96. The summed E-state index contributed by atoms with van der Waals surface area (Å²) in [7, 11) is 1.31. The molecule has 0 aromatic rings. The lowest BCUT2D eigenvalue weighted by molar-refractivity contribution is -0.200. The van der Waals surface area contributed by atoms with E-state index < -0.39 is 42.8 Å². The van der Waals surface area contributed by atoms with Gasteiger partial charge in [-0.15, -0.1) is 5.06 Å². The molecule has 0 spiro atoms. The predicted molar refractivity (Wildman–Crippen MR) is 90.9 cm³/mol. The summed E-state index contributed by atoms with van der Waals surface area (Å²) in [4.78, 5) is 54.7. The molecule has 142 valence electrons. The van der Waals surface area contributed by atoms with Gasteiger partial charge in [-0.25, -0.2) is 4.79 Å². The van der Waals surface area contributed by atoms with Gasteiger partial charge in [-0.2, -0.15) is 0 Å². The van der Waals surface area contributed by atoms with E-state index in [0.717, 1.165) is 4.90 Å². The van der Waals surface area contributed by atoms with Gasteiger partial charge in [0.2, 0.25) is 5.91 Å². The largest absolute Gasteiger partial charge is 0.355 e. The maximum atomic E-state index is 12.8. The first kappa shape index (κ1) is 16.5. The molecule has 0 aromatic carbocycles. The second kappa shape index (κ2) is 8.94. The Morgan fingerprint density at radius 1 is 1.28 bits per heavy atom. The molecular formula is C17H29N3O5. The normalized spacial score (nSPS) is 20.8. The number of hydrogen-bond donors (Lipinski definition) is 1. The standard InChI is InChI=1S/C17H29N3O5/c1-7-11(4)14(18-16(23)15(10(2)3)19(5)6)17(24)25-20-12(21)8-9-13(20)22/h10-11,14-15H,7-9H2,1-6H3,(H,18,23)/i5D3,16+1,19+1. The van der Waals surface area contributed by atoms with E-state index in [1.807, 2.05) is 0 Å². The zero-order valence-electron chi connectivity index (χ0n) is 18.4. The number of carbonyl (C=O) groups excluding carboxylic acids is 4. The highest BCUT2D eigenvalue weighted by Crippen LogP contribution is 2.17. The Morgan fingerprint density at radius 3 is 2.28 bits per heavy atom. The predicted octanol–water partition coefficient (Wildman–Crippen LogP) is 0.711. The second-order valence-electron chi connectivity index (χ2n) is 6.66. The van der Waals surface area contributed by atoms with Crippen molar-refractivity contribution in [2.75, 3.05) is 14.0 Å². The van der Waals surface area contributed by atoms with E-state index in [2.05, 4.69) is 5.32 Å². The number of nitrogens with zero attached hydrogens (tertiary/aromatic N) is 2. The molecule has 0 saturated carbocycles. The number of nitrogens with one attached hydrogen (secondary N) is 1. The molecule has 3 atom stereocenters. The van der Waals surface area contributed by atoms with E-state index in [0.29, 0.717) is 11.5 Å². The monoisotopic (exact) mass is 360 g/mol. The molecule has 1 fully saturated rings. The minimum Gasteiger partial charge on any atom is -0.341 e. The fraction of sp³-hybridized carbons (Fsp3) is 0.765. The Morgan fingerprint density at radius 2 is 1.84 bits per heavy atom. The van der Waals surface area contributed by atoms with Gasteiger partial charge >= 0.3 is 5.97 Å². The molecule has 8 nitrogen and oxygen atoms in total. The van der Waals surface area contributed by atoms with Crippen LogP contribution in [0.15, 0.2) is 0 Å². The van der Waals surface area contributed by atoms with E-state index in [1.54, 1.807) is 27.7 Å². The molecule has 1 heterocycles. The van der Waals surface area contributed by atoms with Gasteiger partial charge in [0.1, 0.15) is 6.04 Å². The first-order valence-corrected chi connectivity index (χ1v) is 8.42. The number of carbonyl (C=O) groups is 4. The first-order valence-electron chi connectivity index (χ1n) is 9.92. The van der Waals surface area contributed by atoms with Crippen molar-refractivity contribution >= 4 is 23.7 Å². The van der Waals surface area contributed by atoms with Crippen molar-refractivity contribution in [2.45, 2.75) is 59.0 Å². The van der Waals surface area contributed by atoms with E-state index in [9.17, 15) is 19.2 Å². The van der Waals surface area contributed by atoms with Gasteiger partial charge in [-0.3, -0.25) is 19.3 Å². The lowest BCUT2D eigenvalue weighted by Crippen LogP contribution is -2.54. The van der Waals surface area contributed by atoms with E-state index in [-0.39, 0.29) is 24.7 Å². The van der Waals surface area contributed by atoms with Crippen molar-refractivity contribution in [2.24, 2.45) is 11.8 Å². The number of hydrogen-bond acceptors (Lipinski definition) is 6. The van der Waals surface area contributed by atoms with Crippen LogP contribution in [0, 0.1) is 11.8 Å². The number of likely N-dealkylation sites (N-methyl/N-ethyl adjacent to an activating group) is 1. The third-order valence-electron chi connectivity index (χ3n) is 4.27. The van der Waals surface area contributed by atoms with Crippen LogP contribution in [0.2, 0.25) is 0 Å². The quantitative estimate of drug-likeness (QED) is 0.389. The third kappa shape index (κ3) is 5.26. The van der Waals surface area contributed by atoms with Gasteiger partial charge in [-0.1, -0.05) is 34.1 Å². The highest BCUT2D eigenvalue weighted by Gasteiger charge is 2.37. The van der Waals surface area contributed by atoms with Gasteiger partial charge in [0.25, 0.3) is 11.8 Å². The highest BCUT2D eigenvalue weighted by atomic mass is 16.7. The summed E-state index contributed by atoms with van der Waals surface area (Å²) in [5.41, 5.74) is 0. The van der Waals surface area contributed by atoms with Gasteiger partial charge < -0.3 is 10.2 Å². The maximum Gasteiger partial charge on any atom is 0.355 e. The molecule has 25 heavy (non-hydrogen) atoms. The molecule has 3 unspecified atom stereocenters. The lowest BCUT2D eigenvalue weighted by atomic mass is 9.99. The van der Waals surface area contributed by atoms with E-state index in [4.69, 9.17) is 8.95 Å². The summed E-state index contributed by atoms with van der Waals surface area (Å²) in [6.07, 6.45) is 0.430. The SMILES string of the molecule is [2H]C([2H])([2H])[15N](C)C(C(C)C)[13C](=O)NC(C(=O)ON1C(=O)CCC1=O)C(C)CC. The fourth-order valence-corrected chi connectivity index (χ4v) is 2.64. The van der Waals surface area contributed by atoms with Crippen molar-refractivity contribution in [3.63, 3.8) is 0 Å². The van der Waals surface area contributed by atoms with Crippen LogP contribution in [0.25, 0.3) is 0 Å². The Bertz CT molecular complexity index is 608. The fourth-order valence-electron chi connectivity index (χ4n) is 2.64. The summed E-state index contributed by atoms with van der Waals surface area (Å²) < 4.78 is 22.6. The minimum atomic E-state index is -2.49. The summed E-state index contributed by atoms with van der Waals surface area (Å²) in [5, 5.41) is 2.98. The number of imide groups is 1. The van der Waals surface area contributed by atoms with Gasteiger partial charge in [0, 0.05) is 17.0 Å². The topological polar surface area (TPSA) is 96.0 Å². The molecule has 1 N–H and O–H groups in total. The van der Waals surface area contributed by atoms with Crippen molar-refractivity contribution in [1.82, 2.24) is 15.3 Å². The lowest BCUT2D eigenvalue weighted by Gasteiger charge is -2.30. The van der Waals surface area contributed by atoms with Crippen molar-refractivity contribution in [3.05, 3.63) is 0 Å². The average molecular weight is 360 g/mol.